The molecule has 42 heavy (non-hydrogen) atoms. The number of carbonyl (C=O) groups is 2. The Morgan fingerprint density at radius 2 is 1.81 bits per heavy atom. The van der Waals surface area contributed by atoms with Gasteiger partial charge in [-0.2, -0.15) is 0 Å². The van der Waals surface area contributed by atoms with Gasteiger partial charge in [0.15, 0.2) is 0 Å². The van der Waals surface area contributed by atoms with Gasteiger partial charge in [-0.1, -0.05) is 23.2 Å². The molecule has 1 saturated heterocycles. The van der Waals surface area contributed by atoms with Gasteiger partial charge in [0.1, 0.15) is 0 Å². The molecule has 0 atom stereocenters. The SMILES string of the molecule is O=C(Nc1ccc(OC2=[CH][In]([CH2]C(=O)N3CCN(Cc4ccc5c(c4)OCO5)CC3)[CH]=C2)nc1)c1ccc(Cl)c(Cl)c1. The number of amides is 2. The number of rotatable bonds is 8. The van der Waals surface area contributed by atoms with E-state index in [1.165, 1.54) is 17.8 Å². The van der Waals surface area contributed by atoms with Crippen molar-refractivity contribution in [1.82, 2.24) is 14.8 Å². The van der Waals surface area contributed by atoms with E-state index in [-0.39, 0.29) is 18.6 Å². The van der Waals surface area contributed by atoms with E-state index in [2.05, 4.69) is 28.9 Å². The normalized spacial score (nSPS) is 16.0. The molecule has 3 aliphatic heterocycles. The summed E-state index contributed by atoms with van der Waals surface area (Å²) in [4.78, 5) is 34.2. The number of aromatic nitrogens is 1. The van der Waals surface area contributed by atoms with E-state index >= 15 is 0 Å². The van der Waals surface area contributed by atoms with Crippen LogP contribution in [0.25, 0.3) is 0 Å². The van der Waals surface area contributed by atoms with Gasteiger partial charge in [0.2, 0.25) is 0 Å². The molecule has 0 bridgehead atoms. The molecule has 1 aromatic heterocycles. The van der Waals surface area contributed by atoms with Crippen molar-refractivity contribution in [2.75, 3.05) is 38.3 Å². The summed E-state index contributed by atoms with van der Waals surface area (Å²) in [5, 5.41) is 3.47. The molecule has 1 N–H and O–H groups in total. The zero-order chi connectivity index (χ0) is 29.1. The van der Waals surface area contributed by atoms with E-state index in [0.29, 0.717) is 31.4 Å². The van der Waals surface area contributed by atoms with Gasteiger partial charge in [-0.25, -0.2) is 0 Å². The van der Waals surface area contributed by atoms with Crippen LogP contribution in [0.1, 0.15) is 15.9 Å². The van der Waals surface area contributed by atoms with Gasteiger partial charge in [0.25, 0.3) is 0 Å². The van der Waals surface area contributed by atoms with E-state index < -0.39 is 21.4 Å². The first-order valence-electron chi connectivity index (χ1n) is 13.6. The van der Waals surface area contributed by atoms with Gasteiger partial charge in [-0.15, -0.1) is 0 Å². The Kier molecular flexibility index (Phi) is 8.95. The van der Waals surface area contributed by atoms with Crippen LogP contribution in [0.5, 0.6) is 17.4 Å². The van der Waals surface area contributed by atoms with Crippen LogP contribution in [0.15, 0.2) is 74.2 Å². The summed E-state index contributed by atoms with van der Waals surface area (Å²) >= 11 is 9.58. The minimum atomic E-state index is -2.35. The zero-order valence-electron chi connectivity index (χ0n) is 22.6. The fourth-order valence-electron chi connectivity index (χ4n) is 5.00. The number of ether oxygens (including phenoxy) is 3. The van der Waals surface area contributed by atoms with Gasteiger partial charge < -0.3 is 0 Å². The van der Waals surface area contributed by atoms with Crippen molar-refractivity contribution in [2.24, 2.45) is 0 Å². The molecule has 1 fully saturated rings. The van der Waals surface area contributed by atoms with E-state index in [1.54, 1.807) is 24.3 Å². The number of allylic oxidation sites excluding steroid dienone is 1. The Morgan fingerprint density at radius 1 is 0.976 bits per heavy atom. The van der Waals surface area contributed by atoms with Gasteiger partial charge in [-0.05, 0) is 0 Å². The summed E-state index contributed by atoms with van der Waals surface area (Å²) in [5.41, 5.74) is 2.09. The number of hydrogen-bond donors (Lipinski definition) is 1. The molecular weight excluding hydrogens is 682 g/mol. The first-order valence-corrected chi connectivity index (χ1v) is 20.5. The number of hydrogen-bond acceptors (Lipinski definition) is 7. The number of halogens is 2. The van der Waals surface area contributed by atoms with Crippen LogP contribution in [0.4, 0.5) is 5.69 Å². The standard InChI is InChI=1S/C16H10Cl2N2O2.C14H17N2O3.In/c1-3-10(2)22-15-7-5-12(9-19-15)20-16(21)11-4-6-13(17)14(18)8-11;1-11(17)16-6-4-15(5-7-16)9-12-2-3-13-14(8-12)19-10-18-13;/h1-9H,(H,20,21);2-3,8H,1,4-7,9-10H2;. The van der Waals surface area contributed by atoms with Crippen molar-refractivity contribution in [3.63, 3.8) is 0 Å². The number of nitrogens with one attached hydrogen (secondary N) is 1. The summed E-state index contributed by atoms with van der Waals surface area (Å²) < 4.78 is 21.7. The summed E-state index contributed by atoms with van der Waals surface area (Å²) in [5.74, 6) is 2.62. The average molecular weight is 709 g/mol. The molecule has 2 aromatic carbocycles. The van der Waals surface area contributed by atoms with Gasteiger partial charge in [0.05, 0.1) is 5.02 Å². The van der Waals surface area contributed by atoms with Crippen molar-refractivity contribution >= 4 is 62.1 Å². The minimum absolute atomic E-state index is 0.223. The number of anilines is 1. The predicted molar refractivity (Wildman–Crippen MR) is 161 cm³/mol. The van der Waals surface area contributed by atoms with E-state index in [4.69, 9.17) is 37.4 Å². The number of benzene rings is 2. The van der Waals surface area contributed by atoms with Gasteiger partial charge in [-0.3, -0.25) is 0 Å². The average Bonchev–Trinajstić information content (AvgIpc) is 3.65. The topological polar surface area (TPSA) is 93.2 Å². The zero-order valence-corrected chi connectivity index (χ0v) is 27.4. The van der Waals surface area contributed by atoms with Crippen molar-refractivity contribution in [2.45, 2.75) is 10.7 Å². The van der Waals surface area contributed by atoms with Crippen LogP contribution in [-0.2, 0) is 11.3 Å². The Labute approximate surface area is 261 Å². The molecule has 9 nitrogen and oxygen atoms in total. The molecule has 3 aromatic rings. The maximum absolute atomic E-state index is 13.0. The molecule has 12 heteroatoms. The molecule has 4 heterocycles. The fraction of sp³-hybridized carbons (Fsp3) is 0.233. The Morgan fingerprint density at radius 3 is 2.60 bits per heavy atom. The van der Waals surface area contributed by atoms with E-state index in [0.717, 1.165) is 50.0 Å². The monoisotopic (exact) mass is 708 g/mol. The quantitative estimate of drug-likeness (QED) is 0.348. The molecular formula is C30H27Cl2InN4O5. The van der Waals surface area contributed by atoms with Crippen molar-refractivity contribution in [3.8, 4) is 17.4 Å². The van der Waals surface area contributed by atoms with E-state index in [1.807, 2.05) is 23.1 Å². The third-order valence-electron chi connectivity index (χ3n) is 7.26. The van der Waals surface area contributed by atoms with Crippen LogP contribution >= 0.6 is 23.2 Å². The van der Waals surface area contributed by atoms with Gasteiger partial charge in [0, 0.05) is 0 Å². The molecule has 0 unspecified atom stereocenters. The Hall–Kier alpha value is -3.18. The molecule has 3 aliphatic rings. The second-order valence-electron chi connectivity index (χ2n) is 10.2. The molecule has 0 spiro atoms. The van der Waals surface area contributed by atoms with Crippen LogP contribution in [0.2, 0.25) is 14.2 Å². The van der Waals surface area contributed by atoms with Crippen molar-refractivity contribution in [3.05, 3.63) is 95.4 Å². The number of carbonyl (C=O) groups excluding carboxylic acids is 2. The molecule has 6 rings (SSSR count). The molecule has 2 amide bonds. The van der Waals surface area contributed by atoms with Crippen LogP contribution in [0, 0.1) is 0 Å². The summed E-state index contributed by atoms with van der Waals surface area (Å²) in [6, 6.07) is 14.2. The summed E-state index contributed by atoms with van der Waals surface area (Å²) in [7, 11) is 0. The third-order valence-corrected chi connectivity index (χ3v) is 14.5. The second-order valence-corrected chi connectivity index (χ2v) is 18.0. The second kappa shape index (κ2) is 13.0. The number of pyridine rings is 1. The van der Waals surface area contributed by atoms with Crippen LogP contribution in [0.3, 0.4) is 0 Å². The molecule has 0 saturated carbocycles. The third kappa shape index (κ3) is 7.06. The van der Waals surface area contributed by atoms with Crippen LogP contribution in [-0.4, -0.2) is 81.0 Å². The predicted octanol–water partition coefficient (Wildman–Crippen LogP) is 5.12. The molecule has 0 radical (unpaired) electrons. The van der Waals surface area contributed by atoms with Gasteiger partial charge >= 0.3 is 234 Å². The fourth-order valence-corrected chi connectivity index (χ4v) is 11.2. The van der Waals surface area contributed by atoms with E-state index in [9.17, 15) is 9.59 Å². The Balaban J connectivity index is 0.947. The van der Waals surface area contributed by atoms with Crippen LogP contribution < -0.4 is 19.5 Å². The van der Waals surface area contributed by atoms with Crippen molar-refractivity contribution < 1.29 is 23.8 Å². The number of piperazine rings is 1. The molecule has 214 valence electrons. The molecule has 0 aliphatic carbocycles. The maximum atomic E-state index is 13.0. The first-order chi connectivity index (χ1) is 20.4. The summed E-state index contributed by atoms with van der Waals surface area (Å²) in [6.45, 7) is 4.25. The number of fused-ring (bicyclic) bond motifs is 1. The first kappa shape index (κ1) is 28.9. The van der Waals surface area contributed by atoms with Crippen molar-refractivity contribution in [1.29, 1.82) is 0 Å². The number of nitrogens with zero attached hydrogens (tertiary/aromatic N) is 3. The Bertz CT molecular complexity index is 1560. The summed E-state index contributed by atoms with van der Waals surface area (Å²) in [6.07, 6.45) is 3.47.